The van der Waals surface area contributed by atoms with Gasteiger partial charge in [0.15, 0.2) is 0 Å². The first-order valence-electron chi connectivity index (χ1n) is 11.7. The Morgan fingerprint density at radius 3 is 1.84 bits per heavy atom. The normalized spacial score (nSPS) is 18.7. The number of hydrogen-bond acceptors (Lipinski definition) is 2. The molecule has 182 valence electrons. The van der Waals surface area contributed by atoms with Gasteiger partial charge in [-0.15, -0.1) is 0 Å². The van der Waals surface area contributed by atoms with E-state index in [1.807, 2.05) is 0 Å². The molecule has 8 heteroatoms. The van der Waals surface area contributed by atoms with Crippen molar-refractivity contribution >= 4 is 0 Å². The van der Waals surface area contributed by atoms with Crippen LogP contribution in [-0.2, 0) is 0 Å². The summed E-state index contributed by atoms with van der Waals surface area (Å²) in [4.78, 5) is 0. The van der Waals surface area contributed by atoms with E-state index >= 15 is 0 Å². The van der Waals surface area contributed by atoms with Gasteiger partial charge in [0, 0.05) is 24.3 Å². The zero-order valence-electron chi connectivity index (χ0n) is 18.6. The van der Waals surface area contributed by atoms with Crippen molar-refractivity contribution < 1.29 is 26.3 Å². The molecule has 2 nitrogen and oxygen atoms in total. The molecule has 0 radical (unpaired) electrons. The Balaban J connectivity index is 0.000000320. The minimum absolute atomic E-state index is 0.0376. The number of nitrogens with zero attached hydrogens (tertiary/aromatic N) is 2. The first-order chi connectivity index (χ1) is 15.1. The van der Waals surface area contributed by atoms with E-state index in [0.717, 1.165) is 56.9 Å². The molecule has 2 fully saturated rings. The van der Waals surface area contributed by atoms with Crippen LogP contribution in [0.4, 0.5) is 26.3 Å². The molecule has 0 spiro atoms. The summed E-state index contributed by atoms with van der Waals surface area (Å²) in [5.74, 6) is 0.176. The number of hydrogen-bond donors (Lipinski definition) is 0. The molecular weight excluding hydrogens is 430 g/mol. The zero-order chi connectivity index (χ0) is 24.0. The predicted octanol–water partition coefficient (Wildman–Crippen LogP) is 8.94. The monoisotopic (exact) mass is 464 g/mol. The summed E-state index contributed by atoms with van der Waals surface area (Å²) in [7, 11) is 0. The Labute approximate surface area is 187 Å². The van der Waals surface area contributed by atoms with Crippen LogP contribution in [0.15, 0.2) is 11.1 Å². The number of allylic oxidation sites excluding steroid dienone is 2. The molecule has 0 aromatic heterocycles. The lowest BCUT2D eigenvalue weighted by Gasteiger charge is -2.25. The third-order valence-electron chi connectivity index (χ3n) is 6.27. The van der Waals surface area contributed by atoms with Gasteiger partial charge in [-0.1, -0.05) is 31.3 Å². The second-order valence-electron chi connectivity index (χ2n) is 8.86. The summed E-state index contributed by atoms with van der Waals surface area (Å²) < 4.78 is 71.8. The fourth-order valence-electron chi connectivity index (χ4n) is 4.52. The van der Waals surface area contributed by atoms with E-state index in [1.165, 1.54) is 12.8 Å². The maximum absolute atomic E-state index is 12.0. The summed E-state index contributed by atoms with van der Waals surface area (Å²) in [6.07, 6.45) is 1.71. The van der Waals surface area contributed by atoms with Crippen LogP contribution in [0.25, 0.3) is 0 Å². The van der Waals surface area contributed by atoms with Gasteiger partial charge in [0.1, 0.15) is 0 Å². The maximum Gasteiger partial charge on any atom is 0.389 e. The molecule has 32 heavy (non-hydrogen) atoms. The molecular formula is C24H34F6N2. The molecule has 2 rings (SSSR count). The van der Waals surface area contributed by atoms with Crippen LogP contribution in [0.2, 0.25) is 0 Å². The van der Waals surface area contributed by atoms with Crippen LogP contribution in [-0.4, -0.2) is 12.4 Å². The van der Waals surface area contributed by atoms with E-state index < -0.39 is 25.2 Å². The average Bonchev–Trinajstić information content (AvgIpc) is 2.74. The maximum atomic E-state index is 12.0. The first-order valence-corrected chi connectivity index (χ1v) is 11.7. The molecule has 0 saturated heterocycles. The molecule has 0 amide bonds. The molecule has 0 aliphatic heterocycles. The van der Waals surface area contributed by atoms with Gasteiger partial charge in [0.25, 0.3) is 0 Å². The number of alkyl halides is 6. The Morgan fingerprint density at radius 2 is 1.34 bits per heavy atom. The van der Waals surface area contributed by atoms with Gasteiger partial charge in [-0.3, -0.25) is 0 Å². The van der Waals surface area contributed by atoms with Crippen molar-refractivity contribution in [1.29, 1.82) is 10.5 Å². The van der Waals surface area contributed by atoms with Gasteiger partial charge >= 0.3 is 12.4 Å². The molecule has 0 heterocycles. The molecule has 2 saturated carbocycles. The fourth-order valence-corrected chi connectivity index (χ4v) is 4.52. The minimum Gasteiger partial charge on any atom is -0.198 e. The molecule has 0 aromatic carbocycles. The summed E-state index contributed by atoms with van der Waals surface area (Å²) >= 11 is 0. The highest BCUT2D eigenvalue weighted by molar-refractivity contribution is 5.28. The summed E-state index contributed by atoms with van der Waals surface area (Å²) in [6.45, 7) is 0. The predicted molar refractivity (Wildman–Crippen MR) is 111 cm³/mol. The van der Waals surface area contributed by atoms with E-state index in [1.54, 1.807) is 0 Å². The van der Waals surface area contributed by atoms with Crippen LogP contribution in [0.3, 0.4) is 0 Å². The summed E-state index contributed by atoms with van der Waals surface area (Å²) in [6, 6.07) is 4.26. The second kappa shape index (κ2) is 14.4. The molecule has 2 aliphatic carbocycles. The van der Waals surface area contributed by atoms with Crippen LogP contribution < -0.4 is 0 Å². The Hall–Kier alpha value is -1.70. The highest BCUT2D eigenvalue weighted by Gasteiger charge is 2.29. The summed E-state index contributed by atoms with van der Waals surface area (Å²) in [5.41, 5.74) is 1.69. The van der Waals surface area contributed by atoms with E-state index in [-0.39, 0.29) is 25.2 Å². The lowest BCUT2D eigenvalue weighted by molar-refractivity contribution is -0.136. The van der Waals surface area contributed by atoms with Crippen molar-refractivity contribution in [3.05, 3.63) is 11.1 Å². The molecule has 1 unspecified atom stereocenters. The van der Waals surface area contributed by atoms with Crippen LogP contribution in [0, 0.1) is 34.5 Å². The quantitative estimate of drug-likeness (QED) is 0.279. The van der Waals surface area contributed by atoms with E-state index in [4.69, 9.17) is 10.5 Å². The Bertz CT molecular complexity index is 637. The van der Waals surface area contributed by atoms with Crippen molar-refractivity contribution in [2.45, 2.75) is 115 Å². The van der Waals surface area contributed by atoms with Crippen molar-refractivity contribution in [1.82, 2.24) is 0 Å². The zero-order valence-corrected chi connectivity index (χ0v) is 18.6. The highest BCUT2D eigenvalue weighted by Crippen LogP contribution is 2.34. The second-order valence-corrected chi connectivity index (χ2v) is 8.86. The topological polar surface area (TPSA) is 47.6 Å². The largest absolute Gasteiger partial charge is 0.389 e. The smallest absolute Gasteiger partial charge is 0.198 e. The lowest BCUT2D eigenvalue weighted by atomic mass is 9.78. The number of nitriles is 2. The standard InChI is InChI=1S/C12H18F3N.C12H16F3N/c2*13-12(14,15)8-4-7-11(9-16)10-5-2-1-3-6-10/h10-11H,1-8H2;1-8H2. The van der Waals surface area contributed by atoms with Crippen molar-refractivity contribution in [2.75, 3.05) is 0 Å². The summed E-state index contributed by atoms with van der Waals surface area (Å²) in [5, 5.41) is 17.9. The van der Waals surface area contributed by atoms with E-state index in [9.17, 15) is 26.3 Å². The fraction of sp³-hybridized carbons (Fsp3) is 0.833. The molecule has 1 atom stereocenters. The lowest BCUT2D eigenvalue weighted by Crippen LogP contribution is -2.17. The van der Waals surface area contributed by atoms with Crippen molar-refractivity contribution in [2.24, 2.45) is 11.8 Å². The van der Waals surface area contributed by atoms with Crippen molar-refractivity contribution in [3.8, 4) is 12.1 Å². The van der Waals surface area contributed by atoms with E-state index in [2.05, 4.69) is 12.1 Å². The van der Waals surface area contributed by atoms with Gasteiger partial charge in [-0.05, 0) is 70.1 Å². The average molecular weight is 465 g/mol. The Morgan fingerprint density at radius 1 is 0.812 bits per heavy atom. The van der Waals surface area contributed by atoms with Crippen LogP contribution >= 0.6 is 0 Å². The van der Waals surface area contributed by atoms with Gasteiger partial charge in [0.2, 0.25) is 0 Å². The molecule has 0 N–H and O–H groups in total. The van der Waals surface area contributed by atoms with Gasteiger partial charge < -0.3 is 0 Å². The molecule has 2 aliphatic rings. The molecule has 0 bridgehead atoms. The van der Waals surface area contributed by atoms with Gasteiger partial charge in [-0.25, -0.2) is 0 Å². The third-order valence-corrected chi connectivity index (χ3v) is 6.27. The van der Waals surface area contributed by atoms with E-state index in [0.29, 0.717) is 17.9 Å². The first kappa shape index (κ1) is 28.3. The van der Waals surface area contributed by atoms with Gasteiger partial charge in [-0.2, -0.15) is 36.9 Å². The Kier molecular flexibility index (Phi) is 12.8. The highest BCUT2D eigenvalue weighted by atomic mass is 19.4. The SMILES string of the molecule is N#CC(CCCC(F)(F)F)=C1CCCCC1.N#CC(CCCC(F)(F)F)C1CCCCC1. The van der Waals surface area contributed by atoms with Crippen LogP contribution in [0.5, 0.6) is 0 Å². The molecule has 0 aromatic rings. The minimum atomic E-state index is -4.10. The number of rotatable bonds is 7. The van der Waals surface area contributed by atoms with Gasteiger partial charge in [0.05, 0.1) is 12.1 Å². The van der Waals surface area contributed by atoms with Crippen LogP contribution in [0.1, 0.15) is 103 Å². The third kappa shape index (κ3) is 13.0. The number of halogens is 6. The van der Waals surface area contributed by atoms with Crippen molar-refractivity contribution in [3.63, 3.8) is 0 Å².